The van der Waals surface area contributed by atoms with E-state index in [0.29, 0.717) is 5.88 Å². The molecule has 1 aliphatic rings. The van der Waals surface area contributed by atoms with Crippen molar-refractivity contribution in [3.8, 4) is 5.88 Å². The normalized spacial score (nSPS) is 18.9. The first kappa shape index (κ1) is 9.21. The second-order valence-electron chi connectivity index (χ2n) is 3.93. The van der Waals surface area contributed by atoms with E-state index in [1.54, 1.807) is 7.11 Å². The fourth-order valence-electron chi connectivity index (χ4n) is 1.60. The SMILES string of the molecule is COc1cc(N2CC(C)(N)C2)ncn1. The zero-order valence-electron chi connectivity index (χ0n) is 8.40. The van der Waals surface area contributed by atoms with Gasteiger partial charge in [0.15, 0.2) is 0 Å². The number of nitrogens with zero attached hydrogens (tertiary/aromatic N) is 3. The molecule has 0 bridgehead atoms. The van der Waals surface area contributed by atoms with Crippen molar-refractivity contribution in [2.75, 3.05) is 25.1 Å². The molecular formula is C9H14N4O. The standard InChI is InChI=1S/C9H14N4O/c1-9(10)4-13(5-9)7-3-8(14-2)12-6-11-7/h3,6H,4-5,10H2,1-2H3. The molecule has 5 nitrogen and oxygen atoms in total. The first-order valence-electron chi connectivity index (χ1n) is 4.51. The van der Waals surface area contributed by atoms with E-state index < -0.39 is 0 Å². The van der Waals surface area contributed by atoms with Crippen molar-refractivity contribution in [3.63, 3.8) is 0 Å². The number of hydrogen-bond acceptors (Lipinski definition) is 5. The highest BCUT2D eigenvalue weighted by atomic mass is 16.5. The van der Waals surface area contributed by atoms with Crippen LogP contribution in [-0.2, 0) is 0 Å². The third-order valence-electron chi connectivity index (χ3n) is 2.26. The minimum absolute atomic E-state index is 0.0851. The number of nitrogens with two attached hydrogens (primary N) is 1. The van der Waals surface area contributed by atoms with Crippen LogP contribution in [0.2, 0.25) is 0 Å². The second-order valence-corrected chi connectivity index (χ2v) is 3.93. The Morgan fingerprint density at radius 1 is 1.50 bits per heavy atom. The van der Waals surface area contributed by atoms with Gasteiger partial charge in [-0.25, -0.2) is 9.97 Å². The van der Waals surface area contributed by atoms with Crippen molar-refractivity contribution < 1.29 is 4.74 Å². The molecule has 76 valence electrons. The van der Waals surface area contributed by atoms with Crippen LogP contribution in [0.4, 0.5) is 5.82 Å². The van der Waals surface area contributed by atoms with Gasteiger partial charge in [-0.05, 0) is 6.92 Å². The fourth-order valence-corrected chi connectivity index (χ4v) is 1.60. The summed E-state index contributed by atoms with van der Waals surface area (Å²) in [6.45, 7) is 3.68. The lowest BCUT2D eigenvalue weighted by Crippen LogP contribution is -2.65. The van der Waals surface area contributed by atoms with Crippen LogP contribution in [0.15, 0.2) is 12.4 Å². The molecule has 14 heavy (non-hydrogen) atoms. The van der Waals surface area contributed by atoms with Crippen molar-refractivity contribution in [2.45, 2.75) is 12.5 Å². The summed E-state index contributed by atoms with van der Waals surface area (Å²) in [4.78, 5) is 10.2. The van der Waals surface area contributed by atoms with Crippen LogP contribution in [0.1, 0.15) is 6.92 Å². The number of methoxy groups -OCH3 is 1. The summed E-state index contributed by atoms with van der Waals surface area (Å²) in [5.74, 6) is 1.46. The van der Waals surface area contributed by atoms with Gasteiger partial charge in [-0.1, -0.05) is 0 Å². The third kappa shape index (κ3) is 1.63. The van der Waals surface area contributed by atoms with Crippen LogP contribution in [-0.4, -0.2) is 35.7 Å². The van der Waals surface area contributed by atoms with Crippen molar-refractivity contribution in [1.29, 1.82) is 0 Å². The molecule has 5 heteroatoms. The van der Waals surface area contributed by atoms with Gasteiger partial charge in [0.1, 0.15) is 12.1 Å². The minimum atomic E-state index is -0.0851. The lowest BCUT2D eigenvalue weighted by atomic mass is 9.94. The van der Waals surface area contributed by atoms with Gasteiger partial charge in [-0.15, -0.1) is 0 Å². The maximum absolute atomic E-state index is 5.90. The molecule has 2 heterocycles. The molecule has 1 aliphatic heterocycles. The van der Waals surface area contributed by atoms with E-state index in [0.717, 1.165) is 18.9 Å². The summed E-state index contributed by atoms with van der Waals surface area (Å²) in [6.07, 6.45) is 1.50. The topological polar surface area (TPSA) is 64.3 Å². The summed E-state index contributed by atoms with van der Waals surface area (Å²) in [5.41, 5.74) is 5.82. The number of ether oxygens (including phenoxy) is 1. The van der Waals surface area contributed by atoms with Gasteiger partial charge in [-0.2, -0.15) is 0 Å². The predicted octanol–water partition coefficient (Wildman–Crippen LogP) is 0.0226. The fraction of sp³-hybridized carbons (Fsp3) is 0.556. The van der Waals surface area contributed by atoms with Crippen molar-refractivity contribution in [2.24, 2.45) is 5.73 Å². The van der Waals surface area contributed by atoms with Gasteiger partial charge >= 0.3 is 0 Å². The largest absolute Gasteiger partial charge is 0.481 e. The molecule has 1 aromatic heterocycles. The van der Waals surface area contributed by atoms with Crippen LogP contribution in [0.5, 0.6) is 5.88 Å². The molecule has 2 N–H and O–H groups in total. The summed E-state index contributed by atoms with van der Waals surface area (Å²) >= 11 is 0. The highest BCUT2D eigenvalue weighted by Gasteiger charge is 2.35. The monoisotopic (exact) mass is 194 g/mol. The summed E-state index contributed by atoms with van der Waals surface area (Å²) < 4.78 is 5.02. The first-order chi connectivity index (χ1) is 6.61. The number of rotatable bonds is 2. The molecule has 0 saturated carbocycles. The summed E-state index contributed by atoms with van der Waals surface area (Å²) in [6, 6.07) is 1.81. The molecule has 0 atom stereocenters. The highest BCUT2D eigenvalue weighted by molar-refractivity contribution is 5.45. The van der Waals surface area contributed by atoms with Crippen LogP contribution >= 0.6 is 0 Å². The molecule has 2 rings (SSSR count). The van der Waals surface area contributed by atoms with Crippen molar-refractivity contribution in [1.82, 2.24) is 9.97 Å². The molecule has 0 amide bonds. The van der Waals surface area contributed by atoms with Gasteiger partial charge in [0.25, 0.3) is 0 Å². The van der Waals surface area contributed by atoms with Crippen molar-refractivity contribution >= 4 is 5.82 Å². The van der Waals surface area contributed by atoms with Gasteiger partial charge in [0.05, 0.1) is 7.11 Å². The van der Waals surface area contributed by atoms with E-state index in [1.807, 2.05) is 13.0 Å². The average molecular weight is 194 g/mol. The van der Waals surface area contributed by atoms with Gasteiger partial charge in [0.2, 0.25) is 5.88 Å². The molecule has 1 saturated heterocycles. The second kappa shape index (κ2) is 3.09. The Morgan fingerprint density at radius 3 is 2.79 bits per heavy atom. The molecule has 1 fully saturated rings. The molecule has 0 spiro atoms. The Morgan fingerprint density at radius 2 is 2.21 bits per heavy atom. The van der Waals surface area contributed by atoms with Crippen LogP contribution in [0.3, 0.4) is 0 Å². The van der Waals surface area contributed by atoms with E-state index in [2.05, 4.69) is 14.9 Å². The Hall–Kier alpha value is -1.36. The van der Waals surface area contributed by atoms with E-state index in [9.17, 15) is 0 Å². The maximum atomic E-state index is 5.90. The molecule has 1 aromatic rings. The Labute approximate surface area is 82.9 Å². The number of hydrogen-bond donors (Lipinski definition) is 1. The smallest absolute Gasteiger partial charge is 0.218 e. The Bertz CT molecular complexity index is 331. The van der Waals surface area contributed by atoms with Gasteiger partial charge in [-0.3, -0.25) is 0 Å². The first-order valence-corrected chi connectivity index (χ1v) is 4.51. The van der Waals surface area contributed by atoms with E-state index in [1.165, 1.54) is 6.33 Å². The summed E-state index contributed by atoms with van der Waals surface area (Å²) in [7, 11) is 1.59. The third-order valence-corrected chi connectivity index (χ3v) is 2.26. The van der Waals surface area contributed by atoms with E-state index >= 15 is 0 Å². The van der Waals surface area contributed by atoms with Gasteiger partial charge < -0.3 is 15.4 Å². The van der Waals surface area contributed by atoms with Crippen molar-refractivity contribution in [3.05, 3.63) is 12.4 Å². The number of anilines is 1. The molecule has 0 unspecified atom stereocenters. The van der Waals surface area contributed by atoms with Gasteiger partial charge in [0, 0.05) is 24.7 Å². The molecule has 0 aromatic carbocycles. The average Bonchev–Trinajstić information content (AvgIpc) is 2.14. The lowest BCUT2D eigenvalue weighted by molar-refractivity contribution is 0.360. The maximum Gasteiger partial charge on any atom is 0.218 e. The van der Waals surface area contributed by atoms with E-state index in [-0.39, 0.29) is 5.54 Å². The number of aromatic nitrogens is 2. The Balaban J connectivity index is 2.11. The molecule has 0 aliphatic carbocycles. The molecular weight excluding hydrogens is 180 g/mol. The highest BCUT2D eigenvalue weighted by Crippen LogP contribution is 2.25. The molecule has 0 radical (unpaired) electrons. The predicted molar refractivity (Wildman–Crippen MR) is 53.4 cm³/mol. The lowest BCUT2D eigenvalue weighted by Gasteiger charge is -2.46. The zero-order valence-corrected chi connectivity index (χ0v) is 8.40. The quantitative estimate of drug-likeness (QED) is 0.719. The minimum Gasteiger partial charge on any atom is -0.481 e. The zero-order chi connectivity index (χ0) is 10.2. The Kier molecular flexibility index (Phi) is 2.03. The van der Waals surface area contributed by atoms with E-state index in [4.69, 9.17) is 10.5 Å². The van der Waals surface area contributed by atoms with Crippen LogP contribution < -0.4 is 15.4 Å². The van der Waals surface area contributed by atoms with Crippen LogP contribution in [0.25, 0.3) is 0 Å². The summed E-state index contributed by atoms with van der Waals surface area (Å²) in [5, 5.41) is 0. The van der Waals surface area contributed by atoms with Crippen LogP contribution in [0, 0.1) is 0 Å².